The van der Waals surface area contributed by atoms with Crippen LogP contribution < -0.4 is 0 Å². The molecule has 3 heterocycles. The van der Waals surface area contributed by atoms with Gasteiger partial charge in [0.2, 0.25) is 0 Å². The van der Waals surface area contributed by atoms with E-state index in [4.69, 9.17) is 18.9 Å². The molecular formula is C21H28O8. The average molecular weight is 408 g/mol. The van der Waals surface area contributed by atoms with Crippen LogP contribution in [0.2, 0.25) is 0 Å². The minimum absolute atomic E-state index is 0.0766. The van der Waals surface area contributed by atoms with Gasteiger partial charge < -0.3 is 29.2 Å². The number of aliphatic hydroxyl groups excluding tert-OH is 1. The lowest BCUT2D eigenvalue weighted by Gasteiger charge is -2.35. The summed E-state index contributed by atoms with van der Waals surface area (Å²) < 4.78 is 22.7. The van der Waals surface area contributed by atoms with Gasteiger partial charge in [0, 0.05) is 36.7 Å². The molecule has 2 N–H and O–H groups in total. The van der Waals surface area contributed by atoms with Crippen LogP contribution in [0.15, 0.2) is 35.5 Å². The van der Waals surface area contributed by atoms with Gasteiger partial charge in [-0.2, -0.15) is 0 Å². The maximum absolute atomic E-state index is 12.5. The molecule has 6 atom stereocenters. The number of hydrogen-bond acceptors (Lipinski definition) is 8. The summed E-state index contributed by atoms with van der Waals surface area (Å²) in [6, 6.07) is 0. The minimum atomic E-state index is -1.79. The molecule has 0 amide bonds. The number of esters is 2. The predicted molar refractivity (Wildman–Crippen MR) is 101 cm³/mol. The molecule has 2 saturated heterocycles. The van der Waals surface area contributed by atoms with Crippen molar-refractivity contribution in [1.82, 2.24) is 0 Å². The lowest BCUT2D eigenvalue weighted by Crippen LogP contribution is -2.45. The van der Waals surface area contributed by atoms with Gasteiger partial charge in [0.05, 0.1) is 24.2 Å². The molecule has 8 heteroatoms. The first kappa shape index (κ1) is 21.7. The third-order valence-electron chi connectivity index (χ3n) is 6.15. The highest BCUT2D eigenvalue weighted by Gasteiger charge is 2.59. The van der Waals surface area contributed by atoms with E-state index in [9.17, 15) is 19.8 Å². The molecule has 3 rings (SSSR count). The van der Waals surface area contributed by atoms with Gasteiger partial charge in [-0.25, -0.2) is 9.59 Å². The van der Waals surface area contributed by atoms with Crippen molar-refractivity contribution in [2.75, 3.05) is 13.7 Å². The number of methoxy groups -OCH3 is 1. The molecule has 3 aliphatic heterocycles. The first-order valence-corrected chi connectivity index (χ1v) is 9.59. The first-order chi connectivity index (χ1) is 13.6. The molecule has 0 aliphatic carbocycles. The van der Waals surface area contributed by atoms with Crippen molar-refractivity contribution >= 4 is 11.9 Å². The third-order valence-corrected chi connectivity index (χ3v) is 6.15. The molecule has 0 aromatic carbocycles. The summed E-state index contributed by atoms with van der Waals surface area (Å²) in [5.74, 6) is -3.60. The third kappa shape index (κ3) is 3.66. The zero-order chi connectivity index (χ0) is 21.6. The van der Waals surface area contributed by atoms with E-state index in [-0.39, 0.29) is 24.0 Å². The topological polar surface area (TPSA) is 112 Å². The van der Waals surface area contributed by atoms with Crippen molar-refractivity contribution in [3.05, 3.63) is 35.5 Å². The highest BCUT2D eigenvalue weighted by Crippen LogP contribution is 2.48. The number of allylic oxidation sites excluding steroid dienone is 1. The highest BCUT2D eigenvalue weighted by molar-refractivity contribution is 5.92. The number of aliphatic hydroxyl groups is 2. The van der Waals surface area contributed by atoms with Gasteiger partial charge in [0.15, 0.2) is 5.79 Å². The van der Waals surface area contributed by atoms with Gasteiger partial charge in [-0.05, 0) is 26.8 Å². The molecule has 2 fully saturated rings. The molecule has 160 valence electrons. The molecule has 2 bridgehead atoms. The molecule has 8 nitrogen and oxygen atoms in total. The number of carbonyl (C=O) groups excluding carboxylic acids is 2. The molecule has 0 spiro atoms. The molecule has 0 aromatic rings. The van der Waals surface area contributed by atoms with Gasteiger partial charge in [0.25, 0.3) is 0 Å². The van der Waals surface area contributed by atoms with E-state index in [0.29, 0.717) is 5.57 Å². The Morgan fingerprint density at radius 3 is 2.72 bits per heavy atom. The number of rotatable bonds is 4. The Morgan fingerprint density at radius 1 is 1.45 bits per heavy atom. The van der Waals surface area contributed by atoms with Crippen LogP contribution in [0.1, 0.15) is 33.6 Å². The SMILES string of the molecule is C=C1C(=O)O[C@@H]2/C=C(/CO)[C@]3(O)C[C@H](OC)[C@](C)(C[C@@H](OC(=O)/C(C)=C\C)[C@@H]12)O3. The van der Waals surface area contributed by atoms with Crippen molar-refractivity contribution < 1.29 is 38.7 Å². The van der Waals surface area contributed by atoms with E-state index in [1.807, 2.05) is 0 Å². The Morgan fingerprint density at radius 2 is 2.14 bits per heavy atom. The Labute approximate surface area is 169 Å². The first-order valence-electron chi connectivity index (χ1n) is 9.59. The number of carbonyl (C=O) groups is 2. The number of ether oxygens (including phenoxy) is 4. The summed E-state index contributed by atoms with van der Waals surface area (Å²) in [5, 5.41) is 21.0. The van der Waals surface area contributed by atoms with Gasteiger partial charge in [-0.1, -0.05) is 12.7 Å². The summed E-state index contributed by atoms with van der Waals surface area (Å²) in [7, 11) is 1.50. The van der Waals surface area contributed by atoms with Gasteiger partial charge in [0.1, 0.15) is 12.2 Å². The predicted octanol–water partition coefficient (Wildman–Crippen LogP) is 1.17. The minimum Gasteiger partial charge on any atom is -0.458 e. The standard InChI is InChI=1S/C21H28O8/c1-6-11(2)18(23)28-15-8-20(4)16(26-5)9-21(25,29-20)13(10-22)7-14-17(15)12(3)19(24)27-14/h6-7,14-17,22,25H,3,8-10H2,1-2,4-5H3/b11-6-,13-7-/t14-,15-,16+,17+,20+,21+/m1/s1. The van der Waals surface area contributed by atoms with Gasteiger partial charge in [-0.3, -0.25) is 0 Å². The number of hydrogen-bond donors (Lipinski definition) is 2. The van der Waals surface area contributed by atoms with Crippen molar-refractivity contribution in [2.45, 2.75) is 63.3 Å². The van der Waals surface area contributed by atoms with Crippen LogP contribution in [0, 0.1) is 5.92 Å². The smallest absolute Gasteiger partial charge is 0.334 e. The molecule has 0 saturated carbocycles. The Balaban J connectivity index is 2.11. The molecule has 0 aromatic heterocycles. The average Bonchev–Trinajstić information content (AvgIpc) is 3.11. The number of fused-ring (bicyclic) bond motifs is 3. The Hall–Kier alpha value is -2.00. The fourth-order valence-electron chi connectivity index (χ4n) is 4.34. The van der Waals surface area contributed by atoms with Gasteiger partial charge in [-0.15, -0.1) is 0 Å². The van der Waals surface area contributed by atoms with Crippen LogP contribution in [0.4, 0.5) is 0 Å². The van der Waals surface area contributed by atoms with E-state index in [2.05, 4.69) is 6.58 Å². The Kier molecular flexibility index (Phi) is 5.75. The summed E-state index contributed by atoms with van der Waals surface area (Å²) in [5.41, 5.74) is -0.298. The largest absolute Gasteiger partial charge is 0.458 e. The van der Waals surface area contributed by atoms with Crippen molar-refractivity contribution in [3.63, 3.8) is 0 Å². The van der Waals surface area contributed by atoms with Crippen molar-refractivity contribution in [1.29, 1.82) is 0 Å². The normalized spacial score (nSPS) is 41.6. The van der Waals surface area contributed by atoms with Crippen LogP contribution in [0.25, 0.3) is 0 Å². The van der Waals surface area contributed by atoms with Crippen LogP contribution in [0.3, 0.4) is 0 Å². The monoisotopic (exact) mass is 408 g/mol. The van der Waals surface area contributed by atoms with Crippen molar-refractivity contribution in [3.8, 4) is 0 Å². The summed E-state index contributed by atoms with van der Waals surface area (Å²) in [6.07, 6.45) is 1.11. The van der Waals surface area contributed by atoms with Crippen LogP contribution in [-0.4, -0.2) is 65.6 Å². The summed E-state index contributed by atoms with van der Waals surface area (Å²) >= 11 is 0. The van der Waals surface area contributed by atoms with E-state index in [0.717, 1.165) is 0 Å². The van der Waals surface area contributed by atoms with E-state index < -0.39 is 54.2 Å². The lowest BCUT2D eigenvalue weighted by atomic mass is 9.80. The zero-order valence-corrected chi connectivity index (χ0v) is 17.1. The van der Waals surface area contributed by atoms with Crippen LogP contribution >= 0.6 is 0 Å². The van der Waals surface area contributed by atoms with Gasteiger partial charge >= 0.3 is 11.9 Å². The molecule has 29 heavy (non-hydrogen) atoms. The highest BCUT2D eigenvalue weighted by atomic mass is 16.7. The molecule has 0 unspecified atom stereocenters. The fraction of sp³-hybridized carbons (Fsp3) is 0.619. The fourth-order valence-corrected chi connectivity index (χ4v) is 4.34. The molecular weight excluding hydrogens is 380 g/mol. The van der Waals surface area contributed by atoms with Crippen LogP contribution in [0.5, 0.6) is 0 Å². The quantitative estimate of drug-likeness (QED) is 0.405. The molecule has 3 aliphatic rings. The Bertz CT molecular complexity index is 784. The van der Waals surface area contributed by atoms with Crippen LogP contribution in [-0.2, 0) is 28.5 Å². The van der Waals surface area contributed by atoms with E-state index in [1.165, 1.54) is 13.2 Å². The second-order valence-electron chi connectivity index (χ2n) is 8.02. The zero-order valence-electron chi connectivity index (χ0n) is 17.1. The van der Waals surface area contributed by atoms with E-state index >= 15 is 0 Å². The van der Waals surface area contributed by atoms with Crippen molar-refractivity contribution in [2.24, 2.45) is 5.92 Å². The lowest BCUT2D eigenvalue weighted by molar-refractivity contribution is -0.212. The maximum Gasteiger partial charge on any atom is 0.334 e. The van der Waals surface area contributed by atoms with E-state index in [1.54, 1.807) is 26.8 Å². The second-order valence-corrected chi connectivity index (χ2v) is 8.02. The second kappa shape index (κ2) is 7.68. The molecule has 0 radical (unpaired) electrons. The summed E-state index contributed by atoms with van der Waals surface area (Å²) in [6.45, 7) is 8.43. The maximum atomic E-state index is 12.5. The summed E-state index contributed by atoms with van der Waals surface area (Å²) in [4.78, 5) is 24.8.